The molecular weight excluding hydrogens is 218 g/mol. The van der Waals surface area contributed by atoms with E-state index in [0.29, 0.717) is 12.3 Å². The number of carbonyl (C=O) groups is 1. The van der Waals surface area contributed by atoms with Gasteiger partial charge in [0.15, 0.2) is 0 Å². The van der Waals surface area contributed by atoms with Gasteiger partial charge in [0.2, 0.25) is 5.91 Å². The van der Waals surface area contributed by atoms with Gasteiger partial charge < -0.3 is 15.2 Å². The highest BCUT2D eigenvalue weighted by Gasteiger charge is 2.08. The highest BCUT2D eigenvalue weighted by Crippen LogP contribution is 2.17. The molecule has 0 saturated carbocycles. The summed E-state index contributed by atoms with van der Waals surface area (Å²) < 4.78 is 5.38. The van der Waals surface area contributed by atoms with Gasteiger partial charge in [-0.25, -0.2) is 0 Å². The predicted molar refractivity (Wildman–Crippen MR) is 65.7 cm³/mol. The molecule has 0 bridgehead atoms. The fourth-order valence-electron chi connectivity index (χ4n) is 1.33. The Kier molecular flexibility index (Phi) is 5.49. The summed E-state index contributed by atoms with van der Waals surface area (Å²) >= 11 is 0. The van der Waals surface area contributed by atoms with Crippen LogP contribution in [0.3, 0.4) is 0 Å². The molecule has 1 aromatic carbocycles. The molecule has 1 amide bonds. The fourth-order valence-corrected chi connectivity index (χ4v) is 1.33. The van der Waals surface area contributed by atoms with Crippen molar-refractivity contribution in [3.05, 3.63) is 29.8 Å². The molecule has 0 aromatic heterocycles. The third kappa shape index (κ3) is 4.44. The lowest BCUT2D eigenvalue weighted by Gasteiger charge is -2.12. The van der Waals surface area contributed by atoms with E-state index in [4.69, 9.17) is 9.84 Å². The number of nitrogens with one attached hydrogen (secondary N) is 1. The van der Waals surface area contributed by atoms with Crippen molar-refractivity contribution < 1.29 is 14.6 Å². The van der Waals surface area contributed by atoms with Gasteiger partial charge in [0.25, 0.3) is 0 Å². The molecular formula is C13H19NO3. The number of rotatable bonds is 6. The maximum atomic E-state index is 11.4. The van der Waals surface area contributed by atoms with Crippen molar-refractivity contribution in [3.63, 3.8) is 0 Å². The van der Waals surface area contributed by atoms with E-state index in [2.05, 4.69) is 5.32 Å². The number of amides is 1. The van der Waals surface area contributed by atoms with Gasteiger partial charge in [-0.15, -0.1) is 0 Å². The molecule has 0 aliphatic carbocycles. The van der Waals surface area contributed by atoms with Gasteiger partial charge in [-0.1, -0.05) is 32.0 Å². The van der Waals surface area contributed by atoms with Crippen molar-refractivity contribution in [3.8, 4) is 5.75 Å². The number of aliphatic hydroxyl groups excluding tert-OH is 1. The number of hydrogen-bond donors (Lipinski definition) is 2. The molecule has 0 aliphatic heterocycles. The lowest BCUT2D eigenvalue weighted by molar-refractivity contribution is -0.124. The van der Waals surface area contributed by atoms with Crippen molar-refractivity contribution in [2.45, 2.75) is 20.4 Å². The van der Waals surface area contributed by atoms with Gasteiger partial charge in [0, 0.05) is 18.0 Å². The van der Waals surface area contributed by atoms with Crippen LogP contribution in [-0.4, -0.2) is 24.2 Å². The van der Waals surface area contributed by atoms with E-state index in [9.17, 15) is 4.79 Å². The van der Waals surface area contributed by atoms with E-state index in [1.165, 1.54) is 0 Å². The number of carbonyl (C=O) groups excluding carboxylic acids is 1. The van der Waals surface area contributed by atoms with Crippen LogP contribution in [0.2, 0.25) is 0 Å². The van der Waals surface area contributed by atoms with Crippen molar-refractivity contribution in [1.29, 1.82) is 0 Å². The fraction of sp³-hybridized carbons (Fsp3) is 0.462. The van der Waals surface area contributed by atoms with Gasteiger partial charge in [-0.3, -0.25) is 4.79 Å². The normalized spacial score (nSPS) is 10.4. The zero-order chi connectivity index (χ0) is 12.7. The largest absolute Gasteiger partial charge is 0.491 e. The van der Waals surface area contributed by atoms with Crippen LogP contribution in [0.5, 0.6) is 5.75 Å². The maximum Gasteiger partial charge on any atom is 0.222 e. The summed E-state index contributed by atoms with van der Waals surface area (Å²) in [6, 6.07) is 7.48. The first-order chi connectivity index (χ1) is 8.15. The Hall–Kier alpha value is -1.55. The van der Waals surface area contributed by atoms with Crippen molar-refractivity contribution in [2.75, 3.05) is 13.2 Å². The van der Waals surface area contributed by atoms with Crippen LogP contribution >= 0.6 is 0 Å². The summed E-state index contributed by atoms with van der Waals surface area (Å²) in [4.78, 5) is 11.4. The lowest BCUT2D eigenvalue weighted by atomic mass is 10.1. The second kappa shape index (κ2) is 6.91. The summed E-state index contributed by atoms with van der Waals surface area (Å²) in [7, 11) is 0. The second-order valence-corrected chi connectivity index (χ2v) is 4.05. The molecule has 0 heterocycles. The molecule has 0 atom stereocenters. The quantitative estimate of drug-likeness (QED) is 0.784. The molecule has 4 nitrogen and oxygen atoms in total. The van der Waals surface area contributed by atoms with Crippen LogP contribution in [-0.2, 0) is 11.3 Å². The Morgan fingerprint density at radius 2 is 2.12 bits per heavy atom. The highest BCUT2D eigenvalue weighted by atomic mass is 16.5. The van der Waals surface area contributed by atoms with E-state index in [1.807, 2.05) is 38.1 Å². The van der Waals surface area contributed by atoms with Crippen molar-refractivity contribution >= 4 is 5.91 Å². The summed E-state index contributed by atoms with van der Waals surface area (Å²) in [5.41, 5.74) is 0.912. The molecule has 94 valence electrons. The summed E-state index contributed by atoms with van der Waals surface area (Å²) in [6.07, 6.45) is 0. The standard InChI is InChI=1S/C13H19NO3/c1-10(2)13(16)14-9-11-5-3-4-6-12(11)17-8-7-15/h3-6,10,15H,7-9H2,1-2H3,(H,14,16). The first kappa shape index (κ1) is 13.5. The van der Waals surface area contributed by atoms with Gasteiger partial charge in [-0.05, 0) is 6.07 Å². The molecule has 17 heavy (non-hydrogen) atoms. The van der Waals surface area contributed by atoms with Crippen molar-refractivity contribution in [1.82, 2.24) is 5.32 Å². The molecule has 0 unspecified atom stereocenters. The Balaban J connectivity index is 2.60. The summed E-state index contributed by atoms with van der Waals surface area (Å²) in [5.74, 6) is 0.688. The third-order valence-electron chi connectivity index (χ3n) is 2.30. The minimum Gasteiger partial charge on any atom is -0.491 e. The van der Waals surface area contributed by atoms with E-state index < -0.39 is 0 Å². The number of aliphatic hydroxyl groups is 1. The topological polar surface area (TPSA) is 58.6 Å². The van der Waals surface area contributed by atoms with E-state index >= 15 is 0 Å². The predicted octanol–water partition coefficient (Wildman–Crippen LogP) is 1.33. The molecule has 0 saturated heterocycles. The van der Waals surface area contributed by atoms with Crippen LogP contribution in [0, 0.1) is 5.92 Å². The molecule has 4 heteroatoms. The van der Waals surface area contributed by atoms with E-state index in [-0.39, 0.29) is 25.0 Å². The van der Waals surface area contributed by atoms with Crippen LogP contribution in [0.1, 0.15) is 19.4 Å². The van der Waals surface area contributed by atoms with Crippen LogP contribution in [0.15, 0.2) is 24.3 Å². The minimum atomic E-state index is -0.0273. The number of benzene rings is 1. The maximum absolute atomic E-state index is 11.4. The Labute approximate surface area is 102 Å². The van der Waals surface area contributed by atoms with Gasteiger partial charge in [0.05, 0.1) is 6.61 Å². The lowest BCUT2D eigenvalue weighted by Crippen LogP contribution is -2.27. The first-order valence-corrected chi connectivity index (χ1v) is 5.74. The molecule has 1 aromatic rings. The van der Waals surface area contributed by atoms with Gasteiger partial charge in [-0.2, -0.15) is 0 Å². The summed E-state index contributed by atoms with van der Waals surface area (Å²) in [5, 5.41) is 11.5. The van der Waals surface area contributed by atoms with E-state index in [1.54, 1.807) is 0 Å². The van der Waals surface area contributed by atoms with Crippen LogP contribution < -0.4 is 10.1 Å². The van der Waals surface area contributed by atoms with Crippen LogP contribution in [0.4, 0.5) is 0 Å². The molecule has 0 aliphatic rings. The average Bonchev–Trinajstić information content (AvgIpc) is 2.34. The van der Waals surface area contributed by atoms with Gasteiger partial charge >= 0.3 is 0 Å². The Bertz CT molecular complexity index is 363. The molecule has 0 fully saturated rings. The van der Waals surface area contributed by atoms with Crippen molar-refractivity contribution in [2.24, 2.45) is 5.92 Å². The van der Waals surface area contributed by atoms with Gasteiger partial charge in [0.1, 0.15) is 12.4 Å². The number of hydrogen-bond acceptors (Lipinski definition) is 3. The number of ether oxygens (including phenoxy) is 1. The third-order valence-corrected chi connectivity index (χ3v) is 2.30. The highest BCUT2D eigenvalue weighted by molar-refractivity contribution is 5.77. The molecule has 0 radical (unpaired) electrons. The van der Waals surface area contributed by atoms with E-state index in [0.717, 1.165) is 5.56 Å². The minimum absolute atomic E-state index is 0.0157. The average molecular weight is 237 g/mol. The van der Waals surface area contributed by atoms with Crippen LogP contribution in [0.25, 0.3) is 0 Å². The first-order valence-electron chi connectivity index (χ1n) is 5.74. The SMILES string of the molecule is CC(C)C(=O)NCc1ccccc1OCCO. The Morgan fingerprint density at radius 3 is 2.76 bits per heavy atom. The summed E-state index contributed by atoms with van der Waals surface area (Å²) in [6.45, 7) is 4.38. The molecule has 0 spiro atoms. The number of para-hydroxylation sites is 1. The molecule has 2 N–H and O–H groups in total. The zero-order valence-corrected chi connectivity index (χ0v) is 10.3. The zero-order valence-electron chi connectivity index (χ0n) is 10.3. The smallest absolute Gasteiger partial charge is 0.222 e. The Morgan fingerprint density at radius 1 is 1.41 bits per heavy atom. The second-order valence-electron chi connectivity index (χ2n) is 4.05. The molecule has 1 rings (SSSR count). The monoisotopic (exact) mass is 237 g/mol.